The maximum Gasteiger partial charge on any atom is 0.335 e. The molecule has 0 unspecified atom stereocenters. The topological polar surface area (TPSA) is 26.3 Å². The van der Waals surface area contributed by atoms with E-state index < -0.39 is 5.97 Å². The average molecular weight is 419 g/mol. The highest BCUT2D eigenvalue weighted by Crippen LogP contribution is 2.24. The molecule has 0 aliphatic carbocycles. The third-order valence-corrected chi connectivity index (χ3v) is 5.60. The smallest absolute Gasteiger partial charge is 0.335 e. The number of ether oxygens (including phenoxy) is 1. The molecule has 2 rings (SSSR count). The third-order valence-electron chi connectivity index (χ3n) is 5.60. The quantitative estimate of drug-likeness (QED) is 0.102. The lowest BCUT2D eigenvalue weighted by Crippen LogP contribution is -2.04. The van der Waals surface area contributed by atoms with E-state index in [2.05, 4.69) is 62.9 Å². The van der Waals surface area contributed by atoms with E-state index in [4.69, 9.17) is 4.74 Å². The minimum Gasteiger partial charge on any atom is -0.423 e. The van der Waals surface area contributed by atoms with Crippen molar-refractivity contribution < 1.29 is 9.53 Å². The first-order valence-electron chi connectivity index (χ1n) is 11.9. The van der Waals surface area contributed by atoms with Crippen LogP contribution in [0.3, 0.4) is 0 Å². The van der Waals surface area contributed by atoms with Gasteiger partial charge < -0.3 is 4.74 Å². The molecule has 0 amide bonds. The summed E-state index contributed by atoms with van der Waals surface area (Å²) >= 11 is 0. The molecular formula is C29H38O2. The standard InChI is InChI=1S/C29H38O2/c1-4-7-9-11-15-24-16-13-14-17-25(24)19-20-26-21-22-28(31-29(30)6-3)23-27(26)18-12-10-8-5-2/h6,13-14,16-17,19-23H,3-5,7-12,15,18H2,1-2H3/b20-19+. The van der Waals surface area contributed by atoms with E-state index >= 15 is 0 Å². The number of unbranched alkanes of at least 4 members (excludes halogenated alkanes) is 6. The van der Waals surface area contributed by atoms with E-state index in [0.29, 0.717) is 5.75 Å². The van der Waals surface area contributed by atoms with Crippen molar-refractivity contribution in [2.24, 2.45) is 0 Å². The van der Waals surface area contributed by atoms with Crippen molar-refractivity contribution in [3.8, 4) is 5.75 Å². The van der Waals surface area contributed by atoms with Crippen LogP contribution in [0, 0.1) is 0 Å². The molecule has 31 heavy (non-hydrogen) atoms. The number of aryl methyl sites for hydroxylation is 2. The number of rotatable bonds is 14. The molecule has 0 radical (unpaired) electrons. The van der Waals surface area contributed by atoms with Gasteiger partial charge in [-0.25, -0.2) is 4.79 Å². The zero-order valence-electron chi connectivity index (χ0n) is 19.4. The Morgan fingerprint density at radius 2 is 1.42 bits per heavy atom. The summed E-state index contributed by atoms with van der Waals surface area (Å²) in [4.78, 5) is 11.6. The summed E-state index contributed by atoms with van der Waals surface area (Å²) in [6.45, 7) is 7.96. The minimum absolute atomic E-state index is 0.419. The highest BCUT2D eigenvalue weighted by Gasteiger charge is 2.06. The predicted molar refractivity (Wildman–Crippen MR) is 133 cm³/mol. The van der Waals surface area contributed by atoms with Crippen LogP contribution in [0.15, 0.2) is 55.1 Å². The summed E-state index contributed by atoms with van der Waals surface area (Å²) in [5.41, 5.74) is 5.12. The van der Waals surface area contributed by atoms with Crippen LogP contribution < -0.4 is 4.74 Å². The van der Waals surface area contributed by atoms with Crippen LogP contribution >= 0.6 is 0 Å². The van der Waals surface area contributed by atoms with Gasteiger partial charge in [0.15, 0.2) is 0 Å². The van der Waals surface area contributed by atoms with E-state index in [1.165, 1.54) is 73.3 Å². The van der Waals surface area contributed by atoms with Gasteiger partial charge >= 0.3 is 5.97 Å². The maximum atomic E-state index is 11.6. The maximum absolute atomic E-state index is 11.6. The van der Waals surface area contributed by atoms with Crippen LogP contribution in [-0.4, -0.2) is 5.97 Å². The Hall–Kier alpha value is -2.61. The fourth-order valence-electron chi connectivity index (χ4n) is 3.77. The Labute approximate surface area is 189 Å². The van der Waals surface area contributed by atoms with Gasteiger partial charge in [0.1, 0.15) is 5.75 Å². The molecule has 0 aromatic heterocycles. The summed E-state index contributed by atoms with van der Waals surface area (Å²) in [6.07, 6.45) is 17.7. The van der Waals surface area contributed by atoms with E-state index in [1.807, 2.05) is 12.1 Å². The summed E-state index contributed by atoms with van der Waals surface area (Å²) in [5, 5.41) is 0. The number of carbonyl (C=O) groups is 1. The molecule has 2 heteroatoms. The van der Waals surface area contributed by atoms with E-state index in [1.54, 1.807) is 0 Å². The molecule has 2 nitrogen and oxygen atoms in total. The van der Waals surface area contributed by atoms with Crippen molar-refractivity contribution in [2.45, 2.75) is 78.1 Å². The third kappa shape index (κ3) is 8.96. The van der Waals surface area contributed by atoms with Crippen molar-refractivity contribution in [1.29, 1.82) is 0 Å². The SMILES string of the molecule is C=CC(=O)Oc1ccc(/C=C/c2ccccc2CCCCCC)c(CCCCCC)c1. The number of hydrogen-bond acceptors (Lipinski definition) is 2. The molecule has 0 aliphatic rings. The average Bonchev–Trinajstić information content (AvgIpc) is 2.79. The normalized spacial score (nSPS) is 11.0. The zero-order chi connectivity index (χ0) is 22.3. The van der Waals surface area contributed by atoms with Gasteiger partial charge in [-0.3, -0.25) is 0 Å². The molecule has 2 aromatic carbocycles. The lowest BCUT2D eigenvalue weighted by molar-refractivity contribution is -0.128. The lowest BCUT2D eigenvalue weighted by Gasteiger charge is -2.10. The molecule has 0 saturated heterocycles. The molecule has 166 valence electrons. The molecule has 0 N–H and O–H groups in total. The molecule has 0 bridgehead atoms. The first-order valence-corrected chi connectivity index (χ1v) is 11.9. The van der Waals surface area contributed by atoms with E-state index in [9.17, 15) is 4.79 Å². The van der Waals surface area contributed by atoms with Gasteiger partial charge in [-0.2, -0.15) is 0 Å². The second-order valence-electron chi connectivity index (χ2n) is 8.14. The van der Waals surface area contributed by atoms with Crippen molar-refractivity contribution >= 4 is 18.1 Å². The Kier molecular flexibility index (Phi) is 11.5. The fourth-order valence-corrected chi connectivity index (χ4v) is 3.77. The van der Waals surface area contributed by atoms with Crippen LogP contribution in [0.5, 0.6) is 5.75 Å². The van der Waals surface area contributed by atoms with E-state index in [0.717, 1.165) is 19.3 Å². The van der Waals surface area contributed by atoms with Crippen LogP contribution in [-0.2, 0) is 17.6 Å². The molecule has 0 atom stereocenters. The van der Waals surface area contributed by atoms with Gasteiger partial charge in [0.2, 0.25) is 0 Å². The molecule has 0 aliphatic heterocycles. The molecule has 2 aromatic rings. The summed E-state index contributed by atoms with van der Waals surface area (Å²) in [5.74, 6) is 0.168. The van der Waals surface area contributed by atoms with Gasteiger partial charge in [0.05, 0.1) is 0 Å². The Morgan fingerprint density at radius 3 is 2.06 bits per heavy atom. The number of esters is 1. The van der Waals surface area contributed by atoms with Crippen molar-refractivity contribution in [3.05, 3.63) is 77.4 Å². The number of carbonyl (C=O) groups excluding carboxylic acids is 1. The fraction of sp³-hybridized carbons (Fsp3) is 0.414. The monoisotopic (exact) mass is 418 g/mol. The van der Waals surface area contributed by atoms with Gasteiger partial charge in [0.25, 0.3) is 0 Å². The highest BCUT2D eigenvalue weighted by molar-refractivity contribution is 5.83. The van der Waals surface area contributed by atoms with Crippen LogP contribution in [0.1, 0.15) is 87.5 Å². The number of benzene rings is 2. The van der Waals surface area contributed by atoms with Gasteiger partial charge in [-0.05, 0) is 60.1 Å². The second kappa shape index (κ2) is 14.4. The van der Waals surface area contributed by atoms with Gasteiger partial charge in [-0.1, -0.05) is 101 Å². The van der Waals surface area contributed by atoms with Gasteiger partial charge in [0, 0.05) is 6.08 Å². The van der Waals surface area contributed by atoms with Crippen molar-refractivity contribution in [1.82, 2.24) is 0 Å². The Bertz CT molecular complexity index is 848. The highest BCUT2D eigenvalue weighted by atomic mass is 16.5. The largest absolute Gasteiger partial charge is 0.423 e. The van der Waals surface area contributed by atoms with Crippen LogP contribution in [0.4, 0.5) is 0 Å². The first-order chi connectivity index (χ1) is 15.2. The van der Waals surface area contributed by atoms with Crippen LogP contribution in [0.2, 0.25) is 0 Å². The molecule has 0 saturated carbocycles. The molecular weight excluding hydrogens is 380 g/mol. The van der Waals surface area contributed by atoms with Gasteiger partial charge in [-0.15, -0.1) is 0 Å². The predicted octanol–water partition coefficient (Wildman–Crippen LogP) is 8.19. The van der Waals surface area contributed by atoms with Crippen LogP contribution in [0.25, 0.3) is 12.2 Å². The molecule has 0 fully saturated rings. The van der Waals surface area contributed by atoms with E-state index in [-0.39, 0.29) is 0 Å². The zero-order valence-corrected chi connectivity index (χ0v) is 19.4. The number of hydrogen-bond donors (Lipinski definition) is 0. The summed E-state index contributed by atoms with van der Waals surface area (Å²) in [6, 6.07) is 14.6. The minimum atomic E-state index is -0.419. The Morgan fingerprint density at radius 1 is 0.806 bits per heavy atom. The Balaban J connectivity index is 2.19. The summed E-state index contributed by atoms with van der Waals surface area (Å²) < 4.78 is 5.35. The molecule has 0 heterocycles. The van der Waals surface area contributed by atoms with Crippen molar-refractivity contribution in [2.75, 3.05) is 0 Å². The van der Waals surface area contributed by atoms with Crippen molar-refractivity contribution in [3.63, 3.8) is 0 Å². The lowest BCUT2D eigenvalue weighted by atomic mass is 9.97. The summed E-state index contributed by atoms with van der Waals surface area (Å²) in [7, 11) is 0. The second-order valence-corrected chi connectivity index (χ2v) is 8.14. The molecule has 0 spiro atoms. The first kappa shape index (κ1) is 24.7.